The number of nitrogens with one attached hydrogen (secondary N) is 1. The molecule has 0 atom stereocenters. The Morgan fingerprint density at radius 3 is 2.67 bits per heavy atom. The molecule has 0 saturated heterocycles. The lowest BCUT2D eigenvalue weighted by atomic mass is 10.2. The Kier molecular flexibility index (Phi) is 4.77. The van der Waals surface area contributed by atoms with Gasteiger partial charge in [-0.2, -0.15) is 0 Å². The molecule has 0 aliphatic rings. The van der Waals surface area contributed by atoms with Crippen molar-refractivity contribution in [1.29, 1.82) is 0 Å². The predicted octanol–water partition coefficient (Wildman–Crippen LogP) is 2.86. The molecular formula is C17H15ClN4O2. The lowest BCUT2D eigenvalue weighted by Crippen LogP contribution is -2.23. The molecule has 24 heavy (non-hydrogen) atoms. The standard InChI is InChI=1S/C17H15ClN4O2/c1-24-14-8-6-13(7-9-14)22-11-12(20-21-22)10-19-17(23)15-4-2-3-5-16(15)18/h2-9,11H,10H2,1H3,(H,19,23). The van der Waals surface area contributed by atoms with Gasteiger partial charge in [-0.25, -0.2) is 4.68 Å². The van der Waals surface area contributed by atoms with E-state index in [0.717, 1.165) is 11.4 Å². The van der Waals surface area contributed by atoms with Crippen LogP contribution in [-0.2, 0) is 6.54 Å². The van der Waals surface area contributed by atoms with Crippen LogP contribution in [0.25, 0.3) is 5.69 Å². The van der Waals surface area contributed by atoms with Crippen molar-refractivity contribution in [1.82, 2.24) is 20.3 Å². The summed E-state index contributed by atoms with van der Waals surface area (Å²) in [5.41, 5.74) is 1.93. The molecule has 7 heteroatoms. The number of aromatic nitrogens is 3. The first-order valence-corrected chi connectivity index (χ1v) is 7.63. The highest BCUT2D eigenvalue weighted by atomic mass is 35.5. The summed E-state index contributed by atoms with van der Waals surface area (Å²) in [4.78, 5) is 12.1. The molecule has 2 aromatic carbocycles. The van der Waals surface area contributed by atoms with Crippen LogP contribution in [-0.4, -0.2) is 28.0 Å². The van der Waals surface area contributed by atoms with Crippen molar-refractivity contribution in [2.75, 3.05) is 7.11 Å². The van der Waals surface area contributed by atoms with Crippen LogP contribution >= 0.6 is 11.6 Å². The average Bonchev–Trinajstić information content (AvgIpc) is 3.09. The van der Waals surface area contributed by atoms with E-state index in [0.29, 0.717) is 16.3 Å². The van der Waals surface area contributed by atoms with Gasteiger partial charge in [0.15, 0.2) is 0 Å². The Bertz CT molecular complexity index is 846. The summed E-state index contributed by atoms with van der Waals surface area (Å²) in [6.07, 6.45) is 1.76. The maximum absolute atomic E-state index is 12.1. The third-order valence-electron chi connectivity index (χ3n) is 3.43. The Hall–Kier alpha value is -2.86. The highest BCUT2D eigenvalue weighted by Gasteiger charge is 2.10. The van der Waals surface area contributed by atoms with Crippen LogP contribution in [0.3, 0.4) is 0 Å². The third-order valence-corrected chi connectivity index (χ3v) is 3.76. The van der Waals surface area contributed by atoms with Crippen molar-refractivity contribution in [2.45, 2.75) is 6.54 Å². The summed E-state index contributed by atoms with van der Waals surface area (Å²) >= 11 is 6.01. The zero-order valence-electron chi connectivity index (χ0n) is 12.9. The molecule has 1 amide bonds. The second-order valence-electron chi connectivity index (χ2n) is 5.01. The fraction of sp³-hybridized carbons (Fsp3) is 0.118. The van der Waals surface area contributed by atoms with Gasteiger partial charge in [0.2, 0.25) is 0 Å². The summed E-state index contributed by atoms with van der Waals surface area (Å²) in [7, 11) is 1.62. The van der Waals surface area contributed by atoms with Crippen LogP contribution in [0.4, 0.5) is 0 Å². The van der Waals surface area contributed by atoms with Crippen LogP contribution in [0.1, 0.15) is 16.1 Å². The van der Waals surface area contributed by atoms with Crippen molar-refractivity contribution >= 4 is 17.5 Å². The van der Waals surface area contributed by atoms with E-state index in [-0.39, 0.29) is 12.5 Å². The summed E-state index contributed by atoms with van der Waals surface area (Å²) in [5.74, 6) is 0.519. The number of halogens is 1. The van der Waals surface area contributed by atoms with Crippen LogP contribution in [0.2, 0.25) is 5.02 Å². The van der Waals surface area contributed by atoms with Gasteiger partial charge in [-0.3, -0.25) is 4.79 Å². The van der Waals surface area contributed by atoms with Crippen molar-refractivity contribution in [3.05, 3.63) is 71.0 Å². The number of rotatable bonds is 5. The molecule has 0 aliphatic heterocycles. The normalized spacial score (nSPS) is 10.4. The molecule has 0 bridgehead atoms. The molecule has 0 saturated carbocycles. The third kappa shape index (κ3) is 3.55. The van der Waals surface area contributed by atoms with Gasteiger partial charge in [0.25, 0.3) is 5.91 Å². The van der Waals surface area contributed by atoms with Gasteiger partial charge in [-0.15, -0.1) is 5.10 Å². The van der Waals surface area contributed by atoms with E-state index in [1.54, 1.807) is 42.3 Å². The second-order valence-corrected chi connectivity index (χ2v) is 5.42. The highest BCUT2D eigenvalue weighted by Crippen LogP contribution is 2.15. The number of ether oxygens (including phenoxy) is 1. The first-order valence-electron chi connectivity index (χ1n) is 7.26. The molecule has 3 rings (SSSR count). The number of carbonyl (C=O) groups is 1. The summed E-state index contributed by atoms with van der Waals surface area (Å²) in [6.45, 7) is 0.264. The van der Waals surface area contributed by atoms with Gasteiger partial charge in [0.1, 0.15) is 11.4 Å². The van der Waals surface area contributed by atoms with Crippen LogP contribution < -0.4 is 10.1 Å². The van der Waals surface area contributed by atoms with Crippen LogP contribution in [0.5, 0.6) is 5.75 Å². The van der Waals surface area contributed by atoms with E-state index in [4.69, 9.17) is 16.3 Å². The fourth-order valence-electron chi connectivity index (χ4n) is 2.15. The quantitative estimate of drug-likeness (QED) is 0.774. The molecule has 1 aromatic heterocycles. The molecule has 0 unspecified atom stereocenters. The molecule has 0 radical (unpaired) electrons. The molecule has 0 aliphatic carbocycles. The van der Waals surface area contributed by atoms with Gasteiger partial charge < -0.3 is 10.1 Å². The Labute approximate surface area is 144 Å². The number of hydrogen-bond donors (Lipinski definition) is 1. The van der Waals surface area contributed by atoms with Crippen LogP contribution in [0.15, 0.2) is 54.7 Å². The van der Waals surface area contributed by atoms with E-state index < -0.39 is 0 Å². The molecule has 1 N–H and O–H groups in total. The number of methoxy groups -OCH3 is 1. The largest absolute Gasteiger partial charge is 0.497 e. The Morgan fingerprint density at radius 1 is 1.21 bits per heavy atom. The predicted molar refractivity (Wildman–Crippen MR) is 90.5 cm³/mol. The van der Waals surface area contributed by atoms with Crippen molar-refractivity contribution in [3.8, 4) is 11.4 Å². The number of amides is 1. The molecule has 0 fully saturated rings. The van der Waals surface area contributed by atoms with Crippen molar-refractivity contribution in [3.63, 3.8) is 0 Å². The number of hydrogen-bond acceptors (Lipinski definition) is 4. The maximum atomic E-state index is 12.1. The molecule has 0 spiro atoms. The van der Waals surface area contributed by atoms with E-state index >= 15 is 0 Å². The minimum atomic E-state index is -0.250. The van der Waals surface area contributed by atoms with Crippen molar-refractivity contribution in [2.24, 2.45) is 0 Å². The molecule has 3 aromatic rings. The molecule has 6 nitrogen and oxygen atoms in total. The summed E-state index contributed by atoms with van der Waals surface area (Å²) in [5, 5.41) is 11.3. The minimum absolute atomic E-state index is 0.250. The smallest absolute Gasteiger partial charge is 0.253 e. The fourth-order valence-corrected chi connectivity index (χ4v) is 2.37. The van der Waals surface area contributed by atoms with E-state index in [9.17, 15) is 4.79 Å². The summed E-state index contributed by atoms with van der Waals surface area (Å²) in [6, 6.07) is 14.3. The van der Waals surface area contributed by atoms with Crippen molar-refractivity contribution < 1.29 is 9.53 Å². The zero-order valence-corrected chi connectivity index (χ0v) is 13.7. The number of benzene rings is 2. The van der Waals surface area contributed by atoms with Gasteiger partial charge in [0.05, 0.1) is 36.1 Å². The van der Waals surface area contributed by atoms with E-state index in [2.05, 4.69) is 15.6 Å². The van der Waals surface area contributed by atoms with Gasteiger partial charge >= 0.3 is 0 Å². The van der Waals surface area contributed by atoms with E-state index in [1.165, 1.54) is 0 Å². The Morgan fingerprint density at radius 2 is 1.96 bits per heavy atom. The second kappa shape index (κ2) is 7.14. The first-order chi connectivity index (χ1) is 11.7. The summed E-state index contributed by atoms with van der Waals surface area (Å²) < 4.78 is 6.76. The molecule has 122 valence electrons. The Balaban J connectivity index is 1.66. The minimum Gasteiger partial charge on any atom is -0.497 e. The maximum Gasteiger partial charge on any atom is 0.253 e. The number of nitrogens with zero attached hydrogens (tertiary/aromatic N) is 3. The lowest BCUT2D eigenvalue weighted by molar-refractivity contribution is 0.0950. The zero-order chi connectivity index (χ0) is 16.9. The van der Waals surface area contributed by atoms with Crippen LogP contribution in [0, 0.1) is 0 Å². The number of carbonyl (C=O) groups excluding carboxylic acids is 1. The van der Waals surface area contributed by atoms with E-state index in [1.807, 2.05) is 24.3 Å². The van der Waals surface area contributed by atoms with Gasteiger partial charge in [0, 0.05) is 0 Å². The van der Waals surface area contributed by atoms with Gasteiger partial charge in [-0.1, -0.05) is 28.9 Å². The van der Waals surface area contributed by atoms with Gasteiger partial charge in [-0.05, 0) is 36.4 Å². The monoisotopic (exact) mass is 342 g/mol. The molecular weight excluding hydrogens is 328 g/mol. The highest BCUT2D eigenvalue weighted by molar-refractivity contribution is 6.33. The molecule has 1 heterocycles. The average molecular weight is 343 g/mol. The SMILES string of the molecule is COc1ccc(-n2cc(CNC(=O)c3ccccc3Cl)nn2)cc1. The first kappa shape index (κ1) is 16.0. The lowest BCUT2D eigenvalue weighted by Gasteiger charge is -2.04. The topological polar surface area (TPSA) is 69.0 Å².